The average Bonchev–Trinajstić information content (AvgIpc) is 3.09. The molecule has 4 aromatic rings. The lowest BCUT2D eigenvalue weighted by molar-refractivity contribution is -0.188. The molecule has 0 atom stereocenters. The van der Waals surface area contributed by atoms with Gasteiger partial charge in [-0.1, -0.05) is 88.4 Å². The summed E-state index contributed by atoms with van der Waals surface area (Å²) < 4.78 is 11.8. The van der Waals surface area contributed by atoms with Crippen molar-refractivity contribution in [1.82, 2.24) is 9.80 Å². The smallest absolute Gasteiger partial charge is 0.308 e. The molecule has 0 aliphatic heterocycles. The number of carbonyl (C=O) groups is 4. The molecule has 10 heteroatoms. The summed E-state index contributed by atoms with van der Waals surface area (Å²) in [5.74, 6) is -7.11. The van der Waals surface area contributed by atoms with Crippen molar-refractivity contribution in [1.29, 1.82) is 0 Å². The number of ether oxygens (including phenoxy) is 2. The van der Waals surface area contributed by atoms with Crippen LogP contribution in [0.2, 0.25) is 0 Å². The molecule has 4 aromatic carbocycles. The van der Waals surface area contributed by atoms with Gasteiger partial charge in [0.1, 0.15) is 23.0 Å². The van der Waals surface area contributed by atoms with Crippen LogP contribution in [0.5, 0.6) is 23.0 Å². The van der Waals surface area contributed by atoms with Crippen LogP contribution in [0.25, 0.3) is 0 Å². The Balaban J connectivity index is 1.34. The van der Waals surface area contributed by atoms with Crippen LogP contribution in [0.4, 0.5) is 0 Å². The van der Waals surface area contributed by atoms with Crippen molar-refractivity contribution in [2.45, 2.75) is 40.8 Å². The van der Waals surface area contributed by atoms with Crippen molar-refractivity contribution >= 4 is 23.8 Å². The Bertz CT molecular complexity index is 1670. The molecule has 0 heterocycles. The molecule has 0 spiro atoms. The van der Waals surface area contributed by atoms with E-state index in [0.717, 1.165) is 11.1 Å². The van der Waals surface area contributed by atoms with Crippen LogP contribution in [-0.2, 0) is 32.3 Å². The Labute approximate surface area is 304 Å². The van der Waals surface area contributed by atoms with Crippen molar-refractivity contribution in [3.63, 3.8) is 0 Å². The Morgan fingerprint density at radius 1 is 0.500 bits per heavy atom. The van der Waals surface area contributed by atoms with Gasteiger partial charge in [-0.25, -0.2) is 0 Å². The second kappa shape index (κ2) is 17.0. The quantitative estimate of drug-likeness (QED) is 0.122. The fourth-order valence-corrected chi connectivity index (χ4v) is 6.76. The lowest BCUT2D eigenvalue weighted by Crippen LogP contribution is -2.64. The Morgan fingerprint density at radius 3 is 1.10 bits per heavy atom. The fourth-order valence-electron chi connectivity index (χ4n) is 6.76. The van der Waals surface area contributed by atoms with Gasteiger partial charge in [0.2, 0.25) is 11.8 Å². The van der Waals surface area contributed by atoms with Gasteiger partial charge in [0.15, 0.2) is 0 Å². The predicted octanol–water partition coefficient (Wildman–Crippen LogP) is 7.59. The minimum Gasteiger partial charge on any atom is -0.481 e. The fraction of sp³-hybridized carbons (Fsp3) is 0.333. The number of para-hydroxylation sites is 2. The van der Waals surface area contributed by atoms with Crippen molar-refractivity contribution in [2.24, 2.45) is 35.5 Å². The van der Waals surface area contributed by atoms with Crippen LogP contribution in [0.15, 0.2) is 109 Å². The van der Waals surface area contributed by atoms with Gasteiger partial charge < -0.3 is 29.5 Å². The third-order valence-electron chi connectivity index (χ3n) is 9.03. The summed E-state index contributed by atoms with van der Waals surface area (Å²) in [6.45, 7) is 8.54. The first-order valence-electron chi connectivity index (χ1n) is 17.6. The van der Waals surface area contributed by atoms with E-state index in [2.05, 4.69) is 0 Å². The number of carboxylic acid groups (broad SMARTS) is 2. The van der Waals surface area contributed by atoms with E-state index in [4.69, 9.17) is 9.47 Å². The molecular formula is C42H46N2O8. The van der Waals surface area contributed by atoms with Gasteiger partial charge >= 0.3 is 11.9 Å². The molecule has 5 rings (SSSR count). The highest BCUT2D eigenvalue weighted by atomic mass is 16.5. The Hall–Kier alpha value is -5.64. The Morgan fingerprint density at radius 2 is 0.808 bits per heavy atom. The molecule has 2 amide bonds. The van der Waals surface area contributed by atoms with Crippen LogP contribution < -0.4 is 9.47 Å². The number of aliphatic carboxylic acids is 2. The van der Waals surface area contributed by atoms with E-state index in [1.54, 1.807) is 24.3 Å². The van der Waals surface area contributed by atoms with Crippen molar-refractivity contribution < 1.29 is 38.9 Å². The number of amides is 2. The van der Waals surface area contributed by atoms with Crippen molar-refractivity contribution in [3.8, 4) is 23.0 Å². The van der Waals surface area contributed by atoms with Gasteiger partial charge in [-0.3, -0.25) is 19.2 Å². The number of carbonyl (C=O) groups excluding carboxylic acids is 2. The van der Waals surface area contributed by atoms with E-state index in [1.807, 2.05) is 113 Å². The number of hydrogen-bond donors (Lipinski definition) is 2. The summed E-state index contributed by atoms with van der Waals surface area (Å²) in [4.78, 5) is 57.0. The molecule has 1 saturated carbocycles. The standard InChI is InChI=1S/C42H46N2O8/c1-27(2)23-43(25-29-15-19-33(20-16-29)51-31-11-7-5-8-12-31)39(45)35-37(41(47)48)36(38(35)42(49)50)40(46)44(24-28(3)4)26-30-17-21-34(22-18-30)52-32-13-9-6-10-14-32/h5-22,27-28,35-38H,23-26H2,1-4H3,(H,47,48)(H,49,50)/t35-,36-,37-,38-. The van der Waals surface area contributed by atoms with Gasteiger partial charge in [-0.05, 0) is 71.5 Å². The molecule has 272 valence electrons. The summed E-state index contributed by atoms with van der Waals surface area (Å²) in [6, 6.07) is 33.0. The maximum Gasteiger partial charge on any atom is 0.308 e. The van der Waals surface area contributed by atoms with E-state index < -0.39 is 47.4 Å². The summed E-state index contributed by atoms with van der Waals surface area (Å²) in [6.07, 6.45) is 0. The average molecular weight is 707 g/mol. The second-order valence-electron chi connectivity index (χ2n) is 14.1. The molecule has 1 aliphatic rings. The highest BCUT2D eigenvalue weighted by Gasteiger charge is 2.64. The number of nitrogens with zero attached hydrogens (tertiary/aromatic N) is 2. The molecule has 1 aliphatic carbocycles. The molecular weight excluding hydrogens is 660 g/mol. The van der Waals surface area contributed by atoms with E-state index in [1.165, 1.54) is 9.80 Å². The summed E-state index contributed by atoms with van der Waals surface area (Å²) >= 11 is 0. The Kier molecular flexibility index (Phi) is 12.3. The van der Waals surface area contributed by atoms with E-state index in [9.17, 15) is 29.4 Å². The van der Waals surface area contributed by atoms with Gasteiger partial charge in [-0.2, -0.15) is 0 Å². The van der Waals surface area contributed by atoms with Gasteiger partial charge in [-0.15, -0.1) is 0 Å². The van der Waals surface area contributed by atoms with Crippen LogP contribution in [0.3, 0.4) is 0 Å². The number of carboxylic acids is 2. The summed E-state index contributed by atoms with van der Waals surface area (Å²) in [5.41, 5.74) is 1.53. The topological polar surface area (TPSA) is 134 Å². The van der Waals surface area contributed by atoms with E-state index >= 15 is 0 Å². The second-order valence-corrected chi connectivity index (χ2v) is 14.1. The highest BCUT2D eigenvalue weighted by Crippen LogP contribution is 2.49. The number of benzene rings is 4. The van der Waals surface area contributed by atoms with Crippen LogP contribution >= 0.6 is 0 Å². The first-order chi connectivity index (χ1) is 24.9. The lowest BCUT2D eigenvalue weighted by Gasteiger charge is -2.48. The minimum absolute atomic E-state index is 0.0136. The maximum absolute atomic E-state index is 14.2. The molecule has 0 saturated heterocycles. The highest BCUT2D eigenvalue weighted by molar-refractivity contribution is 5.99. The molecule has 2 N–H and O–H groups in total. The number of hydrogen-bond acceptors (Lipinski definition) is 6. The first kappa shape index (κ1) is 37.6. The van der Waals surface area contributed by atoms with Crippen LogP contribution in [0, 0.1) is 35.5 Å². The van der Waals surface area contributed by atoms with Crippen molar-refractivity contribution in [3.05, 3.63) is 120 Å². The zero-order valence-electron chi connectivity index (χ0n) is 29.9. The first-order valence-corrected chi connectivity index (χ1v) is 17.6. The summed E-state index contributed by atoms with van der Waals surface area (Å²) in [7, 11) is 0. The third-order valence-corrected chi connectivity index (χ3v) is 9.03. The molecule has 1 fully saturated rings. The molecule has 0 aromatic heterocycles. The lowest BCUT2D eigenvalue weighted by atomic mass is 9.55. The monoisotopic (exact) mass is 706 g/mol. The molecule has 10 nitrogen and oxygen atoms in total. The molecule has 0 unspecified atom stereocenters. The summed E-state index contributed by atoms with van der Waals surface area (Å²) in [5, 5.41) is 20.8. The maximum atomic E-state index is 14.2. The molecule has 52 heavy (non-hydrogen) atoms. The SMILES string of the molecule is CC(C)CN(Cc1ccc(Oc2ccccc2)cc1)C(=O)[C@H]1[C@H](C(=O)O)[C@H](C(=O)N(Cc2ccc(Oc3ccccc3)cc2)CC(C)C)[C@H]1C(=O)O. The molecule has 0 bridgehead atoms. The predicted molar refractivity (Wildman–Crippen MR) is 196 cm³/mol. The number of rotatable bonds is 16. The zero-order chi connectivity index (χ0) is 37.4. The van der Waals surface area contributed by atoms with Gasteiger partial charge in [0, 0.05) is 26.2 Å². The minimum atomic E-state index is -1.49. The molecule has 0 radical (unpaired) electrons. The normalized spacial score (nSPS) is 18.0. The van der Waals surface area contributed by atoms with E-state index in [-0.39, 0.29) is 38.0 Å². The van der Waals surface area contributed by atoms with Crippen molar-refractivity contribution in [2.75, 3.05) is 13.1 Å². The largest absolute Gasteiger partial charge is 0.481 e. The van der Waals surface area contributed by atoms with Crippen LogP contribution in [-0.4, -0.2) is 56.9 Å². The van der Waals surface area contributed by atoms with Gasteiger partial charge in [0.05, 0.1) is 23.7 Å². The zero-order valence-corrected chi connectivity index (χ0v) is 29.9. The van der Waals surface area contributed by atoms with Gasteiger partial charge in [0.25, 0.3) is 0 Å². The van der Waals surface area contributed by atoms with E-state index in [0.29, 0.717) is 23.0 Å². The third kappa shape index (κ3) is 9.37. The van der Waals surface area contributed by atoms with Crippen LogP contribution in [0.1, 0.15) is 38.8 Å².